The van der Waals surface area contributed by atoms with Crippen LogP contribution in [0.5, 0.6) is 5.75 Å². The van der Waals surface area contributed by atoms with Crippen LogP contribution in [-0.2, 0) is 4.74 Å². The minimum Gasteiger partial charge on any atom is -0.497 e. The van der Waals surface area contributed by atoms with Crippen LogP contribution in [0.1, 0.15) is 20.7 Å². The van der Waals surface area contributed by atoms with Crippen molar-refractivity contribution in [2.75, 3.05) is 7.11 Å². The summed E-state index contributed by atoms with van der Waals surface area (Å²) in [4.78, 5) is 23.8. The lowest BCUT2D eigenvalue weighted by Crippen LogP contribution is -2.03. The van der Waals surface area contributed by atoms with Gasteiger partial charge in [0.1, 0.15) is 5.75 Å². The lowest BCUT2D eigenvalue weighted by Gasteiger charge is -2.02. The fraction of sp³-hybridized carbons (Fsp3) is 0.0588. The highest BCUT2D eigenvalue weighted by molar-refractivity contribution is 14.1. The van der Waals surface area contributed by atoms with Crippen molar-refractivity contribution in [1.29, 1.82) is 0 Å². The molecule has 0 aliphatic heterocycles. The third-order valence-corrected chi connectivity index (χ3v) is 3.80. The number of hydrogen-bond acceptors (Lipinski definition) is 4. The number of allylic oxidation sites excluding steroid dienone is 1. The van der Waals surface area contributed by atoms with Crippen molar-refractivity contribution < 1.29 is 19.1 Å². The van der Waals surface area contributed by atoms with Gasteiger partial charge in [0.15, 0.2) is 5.78 Å². The van der Waals surface area contributed by atoms with Crippen LogP contribution >= 0.6 is 22.6 Å². The predicted octanol–water partition coefficient (Wildman–Crippen LogP) is 3.85. The molecule has 0 saturated carbocycles. The second-order valence-corrected chi connectivity index (χ2v) is 5.44. The fourth-order valence-electron chi connectivity index (χ4n) is 1.70. The van der Waals surface area contributed by atoms with Crippen LogP contribution in [0.4, 0.5) is 0 Å². The van der Waals surface area contributed by atoms with Crippen LogP contribution < -0.4 is 4.74 Å². The lowest BCUT2D eigenvalue weighted by atomic mass is 10.1. The highest BCUT2D eigenvalue weighted by Gasteiger charge is 2.09. The van der Waals surface area contributed by atoms with E-state index in [1.54, 1.807) is 43.5 Å². The largest absolute Gasteiger partial charge is 0.497 e. The smallest absolute Gasteiger partial charge is 0.344 e. The number of carbonyl (C=O) groups is 2. The standard InChI is InChI=1S/C17H13IO4/c1-21-13-8-6-12(7-9-13)16(19)10-11-22-17(20)14-4-2-3-5-15(14)18/h2-11H,1H3/b11-10+. The van der Waals surface area contributed by atoms with Crippen LogP contribution in [0.2, 0.25) is 0 Å². The molecule has 4 nitrogen and oxygen atoms in total. The van der Waals surface area contributed by atoms with Crippen molar-refractivity contribution >= 4 is 34.3 Å². The molecule has 0 heterocycles. The van der Waals surface area contributed by atoms with Gasteiger partial charge in [0.25, 0.3) is 0 Å². The first-order valence-electron chi connectivity index (χ1n) is 6.42. The van der Waals surface area contributed by atoms with E-state index in [4.69, 9.17) is 9.47 Å². The zero-order valence-electron chi connectivity index (χ0n) is 11.8. The minimum absolute atomic E-state index is 0.252. The molecular weight excluding hydrogens is 395 g/mol. The maximum absolute atomic E-state index is 11.9. The predicted molar refractivity (Wildman–Crippen MR) is 91.0 cm³/mol. The fourth-order valence-corrected chi connectivity index (χ4v) is 2.31. The molecule has 0 aliphatic carbocycles. The van der Waals surface area contributed by atoms with E-state index in [9.17, 15) is 9.59 Å². The molecule has 0 aliphatic rings. The first-order chi connectivity index (χ1) is 10.6. The number of rotatable bonds is 5. The molecule has 112 valence electrons. The summed E-state index contributed by atoms with van der Waals surface area (Å²) in [6.07, 6.45) is 2.33. The van der Waals surface area contributed by atoms with Crippen LogP contribution in [0, 0.1) is 3.57 Å². The summed E-state index contributed by atoms with van der Waals surface area (Å²) in [5.41, 5.74) is 0.951. The Morgan fingerprint density at radius 2 is 1.73 bits per heavy atom. The molecule has 0 fully saturated rings. The lowest BCUT2D eigenvalue weighted by molar-refractivity contribution is 0.0661. The molecule has 0 atom stereocenters. The van der Waals surface area contributed by atoms with E-state index in [1.165, 1.54) is 6.08 Å². The monoisotopic (exact) mass is 408 g/mol. The summed E-state index contributed by atoms with van der Waals surface area (Å²) < 4.78 is 10.8. The Bertz CT molecular complexity index is 705. The van der Waals surface area contributed by atoms with E-state index >= 15 is 0 Å². The Hall–Kier alpha value is -2.15. The van der Waals surface area contributed by atoms with E-state index < -0.39 is 5.97 Å². The van der Waals surface area contributed by atoms with Crippen LogP contribution in [0.25, 0.3) is 0 Å². The molecule has 0 unspecified atom stereocenters. The third kappa shape index (κ3) is 4.17. The Labute approximate surface area is 141 Å². The van der Waals surface area contributed by atoms with Crippen LogP contribution in [0.15, 0.2) is 60.9 Å². The Balaban J connectivity index is 1.98. The zero-order valence-corrected chi connectivity index (χ0v) is 13.9. The number of ether oxygens (including phenoxy) is 2. The zero-order chi connectivity index (χ0) is 15.9. The molecular formula is C17H13IO4. The summed E-state index contributed by atoms with van der Waals surface area (Å²) in [6.45, 7) is 0. The van der Waals surface area contributed by atoms with Crippen molar-refractivity contribution in [3.63, 3.8) is 0 Å². The minimum atomic E-state index is -0.496. The molecule has 0 amide bonds. The summed E-state index contributed by atoms with van der Waals surface area (Å²) >= 11 is 2.05. The van der Waals surface area contributed by atoms with Gasteiger partial charge in [0.05, 0.1) is 18.9 Å². The number of benzene rings is 2. The van der Waals surface area contributed by atoms with Crippen LogP contribution in [0.3, 0.4) is 0 Å². The Kier molecular flexibility index (Phi) is 5.71. The summed E-state index contributed by atoms with van der Waals surface area (Å²) in [6, 6.07) is 13.7. The number of hydrogen-bond donors (Lipinski definition) is 0. The second-order valence-electron chi connectivity index (χ2n) is 4.28. The first kappa shape index (κ1) is 16.2. The molecule has 2 aromatic carbocycles. The van der Waals surface area contributed by atoms with Crippen LogP contribution in [-0.4, -0.2) is 18.9 Å². The van der Waals surface area contributed by atoms with Gasteiger partial charge in [-0.3, -0.25) is 4.79 Å². The summed E-state index contributed by atoms with van der Waals surface area (Å²) in [5.74, 6) is -0.0763. The Morgan fingerprint density at radius 1 is 1.05 bits per heavy atom. The van der Waals surface area contributed by atoms with E-state index in [-0.39, 0.29) is 5.78 Å². The average molecular weight is 408 g/mol. The van der Waals surface area contributed by atoms with Gasteiger partial charge in [-0.15, -0.1) is 0 Å². The molecule has 0 aromatic heterocycles. The molecule has 0 spiro atoms. The second kappa shape index (κ2) is 7.74. The van der Waals surface area contributed by atoms with Gasteiger partial charge in [0, 0.05) is 15.2 Å². The van der Waals surface area contributed by atoms with Gasteiger partial charge in [-0.1, -0.05) is 12.1 Å². The van der Waals surface area contributed by atoms with Gasteiger partial charge >= 0.3 is 5.97 Å². The Morgan fingerprint density at radius 3 is 2.36 bits per heavy atom. The van der Waals surface area contributed by atoms with Gasteiger partial charge < -0.3 is 9.47 Å². The van der Waals surface area contributed by atoms with Crippen molar-refractivity contribution in [3.8, 4) is 5.75 Å². The third-order valence-electron chi connectivity index (χ3n) is 2.86. The quantitative estimate of drug-likeness (QED) is 0.248. The number of carbonyl (C=O) groups excluding carboxylic acids is 2. The maximum Gasteiger partial charge on any atom is 0.344 e. The van der Waals surface area contributed by atoms with Gasteiger partial charge in [-0.2, -0.15) is 0 Å². The maximum atomic E-state index is 11.9. The van der Waals surface area contributed by atoms with Gasteiger partial charge in [-0.05, 0) is 59.0 Å². The van der Waals surface area contributed by atoms with E-state index in [0.29, 0.717) is 16.9 Å². The van der Waals surface area contributed by atoms with Crippen molar-refractivity contribution in [2.45, 2.75) is 0 Å². The van der Waals surface area contributed by atoms with Crippen molar-refractivity contribution in [2.24, 2.45) is 0 Å². The highest BCUT2D eigenvalue weighted by Crippen LogP contribution is 2.14. The topological polar surface area (TPSA) is 52.6 Å². The summed E-state index contributed by atoms with van der Waals surface area (Å²) in [5, 5.41) is 0. The van der Waals surface area contributed by atoms with E-state index in [2.05, 4.69) is 22.6 Å². The molecule has 5 heteroatoms. The molecule has 2 rings (SSSR count). The average Bonchev–Trinajstić information content (AvgIpc) is 2.55. The number of halogens is 1. The summed E-state index contributed by atoms with van der Waals surface area (Å²) in [7, 11) is 1.56. The van der Waals surface area contributed by atoms with E-state index in [0.717, 1.165) is 9.83 Å². The van der Waals surface area contributed by atoms with Crippen molar-refractivity contribution in [1.82, 2.24) is 0 Å². The van der Waals surface area contributed by atoms with Gasteiger partial charge in [0.2, 0.25) is 0 Å². The molecule has 0 radical (unpaired) electrons. The molecule has 22 heavy (non-hydrogen) atoms. The highest BCUT2D eigenvalue weighted by atomic mass is 127. The number of ketones is 1. The normalized spacial score (nSPS) is 10.5. The first-order valence-corrected chi connectivity index (χ1v) is 7.50. The molecule has 0 N–H and O–H groups in total. The van der Waals surface area contributed by atoms with Crippen molar-refractivity contribution in [3.05, 3.63) is 75.6 Å². The SMILES string of the molecule is COc1ccc(C(=O)/C=C/OC(=O)c2ccccc2I)cc1. The van der Waals surface area contributed by atoms with Gasteiger partial charge in [-0.25, -0.2) is 4.79 Å². The number of methoxy groups -OCH3 is 1. The molecule has 2 aromatic rings. The number of esters is 1. The molecule has 0 saturated heterocycles. The van der Waals surface area contributed by atoms with E-state index in [1.807, 2.05) is 12.1 Å². The molecule has 0 bridgehead atoms.